The monoisotopic (exact) mass is 377 g/mol. The molecule has 0 aliphatic heterocycles. The molecule has 2 aromatic carbocycles. The van der Waals surface area contributed by atoms with E-state index in [1.54, 1.807) is 30.3 Å². The molecule has 1 amide bonds. The Morgan fingerprint density at radius 3 is 2.37 bits per heavy atom. The van der Waals surface area contributed by atoms with E-state index in [-0.39, 0.29) is 5.91 Å². The molecular weight excluding hydrogens is 372 g/mol. The van der Waals surface area contributed by atoms with Crippen LogP contribution in [0.3, 0.4) is 0 Å². The maximum Gasteiger partial charge on any atom is 0.257 e. The van der Waals surface area contributed by atoms with Crippen molar-refractivity contribution in [3.8, 4) is 0 Å². The zero-order valence-electron chi connectivity index (χ0n) is 9.38. The summed E-state index contributed by atoms with van der Waals surface area (Å²) in [4.78, 5) is 12.1. The normalized spacial score (nSPS) is 10.3. The molecule has 0 atom stereocenters. The van der Waals surface area contributed by atoms with Crippen LogP contribution in [0.2, 0.25) is 15.1 Å². The Balaban J connectivity index is 2.25. The van der Waals surface area contributed by atoms with Crippen LogP contribution in [0.15, 0.2) is 40.9 Å². The Labute approximate surface area is 133 Å². The smallest absolute Gasteiger partial charge is 0.257 e. The van der Waals surface area contributed by atoms with E-state index >= 15 is 0 Å². The lowest BCUT2D eigenvalue weighted by molar-refractivity contribution is 0.102. The fourth-order valence-corrected chi connectivity index (χ4v) is 2.32. The van der Waals surface area contributed by atoms with E-state index in [1.165, 1.54) is 6.07 Å². The van der Waals surface area contributed by atoms with Gasteiger partial charge < -0.3 is 5.32 Å². The highest BCUT2D eigenvalue weighted by Crippen LogP contribution is 2.27. The molecule has 0 bridgehead atoms. The molecule has 6 heteroatoms. The van der Waals surface area contributed by atoms with Crippen molar-refractivity contribution in [1.82, 2.24) is 0 Å². The molecule has 2 nitrogen and oxygen atoms in total. The van der Waals surface area contributed by atoms with E-state index in [2.05, 4.69) is 21.2 Å². The first kappa shape index (κ1) is 14.7. The molecule has 0 saturated heterocycles. The largest absolute Gasteiger partial charge is 0.322 e. The highest BCUT2D eigenvalue weighted by molar-refractivity contribution is 9.10. The molecule has 2 rings (SSSR count). The molecule has 0 saturated carbocycles. The van der Waals surface area contributed by atoms with E-state index in [4.69, 9.17) is 34.8 Å². The summed E-state index contributed by atoms with van der Waals surface area (Å²) in [6.07, 6.45) is 0. The van der Waals surface area contributed by atoms with Crippen LogP contribution in [0.25, 0.3) is 0 Å². The van der Waals surface area contributed by atoms with Crippen LogP contribution < -0.4 is 5.32 Å². The van der Waals surface area contributed by atoms with Crippen molar-refractivity contribution >= 4 is 62.3 Å². The van der Waals surface area contributed by atoms with Gasteiger partial charge >= 0.3 is 0 Å². The maximum absolute atomic E-state index is 12.1. The van der Waals surface area contributed by atoms with Crippen molar-refractivity contribution < 1.29 is 4.79 Å². The minimum absolute atomic E-state index is 0.320. The predicted octanol–water partition coefficient (Wildman–Crippen LogP) is 5.66. The second kappa shape index (κ2) is 6.14. The van der Waals surface area contributed by atoms with Crippen molar-refractivity contribution in [3.63, 3.8) is 0 Å². The van der Waals surface area contributed by atoms with Gasteiger partial charge in [-0.2, -0.15) is 0 Å². The zero-order valence-corrected chi connectivity index (χ0v) is 13.2. The third-order valence-electron chi connectivity index (χ3n) is 2.35. The second-order valence-electron chi connectivity index (χ2n) is 3.71. The number of anilines is 1. The summed E-state index contributed by atoms with van der Waals surface area (Å²) >= 11 is 21.0. The Morgan fingerprint density at radius 1 is 1.00 bits per heavy atom. The summed E-state index contributed by atoms with van der Waals surface area (Å²) in [7, 11) is 0. The number of halogens is 4. The molecule has 19 heavy (non-hydrogen) atoms. The van der Waals surface area contributed by atoms with E-state index in [9.17, 15) is 4.79 Å². The second-order valence-corrected chi connectivity index (χ2v) is 5.81. The van der Waals surface area contributed by atoms with Gasteiger partial charge in [-0.25, -0.2) is 0 Å². The molecule has 0 radical (unpaired) electrons. The number of rotatable bonds is 2. The Morgan fingerprint density at radius 2 is 1.68 bits per heavy atom. The van der Waals surface area contributed by atoms with Crippen molar-refractivity contribution in [2.45, 2.75) is 0 Å². The molecule has 0 spiro atoms. The maximum atomic E-state index is 12.1. The first-order valence-corrected chi connectivity index (χ1v) is 7.11. The first-order valence-electron chi connectivity index (χ1n) is 5.19. The fourth-order valence-electron chi connectivity index (χ4n) is 1.44. The van der Waals surface area contributed by atoms with E-state index < -0.39 is 0 Å². The highest BCUT2D eigenvalue weighted by Gasteiger charge is 2.11. The van der Waals surface area contributed by atoms with Crippen molar-refractivity contribution in [1.29, 1.82) is 0 Å². The molecule has 2 aromatic rings. The van der Waals surface area contributed by atoms with Gasteiger partial charge in [0.25, 0.3) is 5.91 Å². The van der Waals surface area contributed by atoms with Gasteiger partial charge in [0.1, 0.15) is 0 Å². The third kappa shape index (κ3) is 3.63. The lowest BCUT2D eigenvalue weighted by Crippen LogP contribution is -2.12. The summed E-state index contributed by atoms with van der Waals surface area (Å²) in [5.74, 6) is -0.332. The number of hydrogen-bond donors (Lipinski definition) is 1. The fraction of sp³-hybridized carbons (Fsp3) is 0. The van der Waals surface area contributed by atoms with Gasteiger partial charge in [0.2, 0.25) is 0 Å². The molecule has 98 valence electrons. The molecule has 0 fully saturated rings. The van der Waals surface area contributed by atoms with Crippen LogP contribution in [-0.4, -0.2) is 5.91 Å². The van der Waals surface area contributed by atoms with Gasteiger partial charge in [0.15, 0.2) is 0 Å². The first-order chi connectivity index (χ1) is 8.97. The van der Waals surface area contributed by atoms with Gasteiger partial charge in [-0.15, -0.1) is 0 Å². The third-order valence-corrected chi connectivity index (χ3v) is 4.13. The summed E-state index contributed by atoms with van der Waals surface area (Å²) < 4.78 is 0.698. The number of carbonyl (C=O) groups excluding carboxylic acids is 1. The van der Waals surface area contributed by atoms with E-state index in [0.717, 1.165) is 0 Å². The number of hydrogen-bond acceptors (Lipinski definition) is 1. The highest BCUT2D eigenvalue weighted by atomic mass is 79.9. The van der Waals surface area contributed by atoms with Gasteiger partial charge in [-0.05, 0) is 52.3 Å². The predicted molar refractivity (Wildman–Crippen MR) is 83.6 cm³/mol. The van der Waals surface area contributed by atoms with Crippen molar-refractivity contribution in [2.24, 2.45) is 0 Å². The average molecular weight is 379 g/mol. The molecular formula is C13H7BrCl3NO. The topological polar surface area (TPSA) is 29.1 Å². The standard InChI is InChI=1S/C13H7BrCl3NO/c14-10-6-8(2-4-12(10)17)18-13(19)9-5-7(15)1-3-11(9)16/h1-6H,(H,18,19). The van der Waals surface area contributed by atoms with Gasteiger partial charge in [0.05, 0.1) is 15.6 Å². The quantitative estimate of drug-likeness (QED) is 0.716. The Kier molecular flexibility index (Phi) is 4.74. The molecule has 0 aromatic heterocycles. The summed E-state index contributed by atoms with van der Waals surface area (Å²) in [5, 5.41) is 4.09. The summed E-state index contributed by atoms with van der Waals surface area (Å²) in [5.41, 5.74) is 0.928. The van der Waals surface area contributed by atoms with Crippen LogP contribution in [0.5, 0.6) is 0 Å². The van der Waals surface area contributed by atoms with Gasteiger partial charge in [-0.3, -0.25) is 4.79 Å². The SMILES string of the molecule is O=C(Nc1ccc(Cl)c(Br)c1)c1cc(Cl)ccc1Cl. The van der Waals surface area contributed by atoms with Crippen LogP contribution in [0.1, 0.15) is 10.4 Å². The average Bonchev–Trinajstić information content (AvgIpc) is 2.36. The van der Waals surface area contributed by atoms with Crippen molar-refractivity contribution in [2.75, 3.05) is 5.32 Å². The Bertz CT molecular complexity index is 646. The van der Waals surface area contributed by atoms with E-state index in [0.29, 0.717) is 30.8 Å². The lowest BCUT2D eigenvalue weighted by atomic mass is 10.2. The van der Waals surface area contributed by atoms with Crippen LogP contribution in [-0.2, 0) is 0 Å². The molecule has 0 unspecified atom stereocenters. The molecule has 0 aliphatic carbocycles. The lowest BCUT2D eigenvalue weighted by Gasteiger charge is -2.08. The van der Waals surface area contributed by atoms with Crippen LogP contribution in [0, 0.1) is 0 Å². The van der Waals surface area contributed by atoms with E-state index in [1.807, 2.05) is 0 Å². The van der Waals surface area contributed by atoms with Gasteiger partial charge in [-0.1, -0.05) is 34.8 Å². The van der Waals surface area contributed by atoms with Crippen LogP contribution in [0.4, 0.5) is 5.69 Å². The number of benzene rings is 2. The molecule has 0 aliphatic rings. The number of amides is 1. The zero-order chi connectivity index (χ0) is 14.0. The molecule has 0 heterocycles. The number of nitrogens with one attached hydrogen (secondary N) is 1. The summed E-state index contributed by atoms with van der Waals surface area (Å²) in [6.45, 7) is 0. The number of carbonyl (C=O) groups is 1. The van der Waals surface area contributed by atoms with Gasteiger partial charge in [0, 0.05) is 15.2 Å². The Hall–Kier alpha value is -0.740. The minimum atomic E-state index is -0.332. The van der Waals surface area contributed by atoms with Crippen LogP contribution >= 0.6 is 50.7 Å². The molecule has 1 N–H and O–H groups in total. The summed E-state index contributed by atoms with van der Waals surface area (Å²) in [6, 6.07) is 9.81. The minimum Gasteiger partial charge on any atom is -0.322 e. The van der Waals surface area contributed by atoms with Crippen molar-refractivity contribution in [3.05, 3.63) is 61.5 Å².